The first-order valence-electron chi connectivity index (χ1n) is 5.72. The molecule has 0 radical (unpaired) electrons. The van der Waals surface area contributed by atoms with Crippen molar-refractivity contribution in [2.75, 3.05) is 0 Å². The van der Waals surface area contributed by atoms with Crippen molar-refractivity contribution in [1.29, 1.82) is 0 Å². The lowest BCUT2D eigenvalue weighted by Gasteiger charge is -2.10. The SMILES string of the molecule is NNC(=O)c1cccc(OCc2ccccc2)c1O. The summed E-state index contributed by atoms with van der Waals surface area (Å²) in [4.78, 5) is 11.4. The van der Waals surface area contributed by atoms with Crippen LogP contribution in [0.2, 0.25) is 0 Å². The number of nitrogens with two attached hydrogens (primary N) is 1. The Hall–Kier alpha value is -2.53. The highest BCUT2D eigenvalue weighted by atomic mass is 16.5. The van der Waals surface area contributed by atoms with Gasteiger partial charge in [-0.3, -0.25) is 10.2 Å². The van der Waals surface area contributed by atoms with Crippen molar-refractivity contribution < 1.29 is 14.6 Å². The lowest BCUT2D eigenvalue weighted by atomic mass is 10.1. The number of hydrogen-bond acceptors (Lipinski definition) is 4. The zero-order valence-electron chi connectivity index (χ0n) is 10.2. The van der Waals surface area contributed by atoms with Crippen molar-refractivity contribution in [2.24, 2.45) is 5.84 Å². The minimum Gasteiger partial charge on any atom is -0.504 e. The number of hydrogen-bond donors (Lipinski definition) is 3. The molecule has 0 aliphatic heterocycles. The summed E-state index contributed by atoms with van der Waals surface area (Å²) in [7, 11) is 0. The maximum absolute atomic E-state index is 11.4. The summed E-state index contributed by atoms with van der Waals surface area (Å²) in [6.45, 7) is 0.308. The van der Waals surface area contributed by atoms with E-state index in [9.17, 15) is 9.90 Å². The predicted molar refractivity (Wildman–Crippen MR) is 70.5 cm³/mol. The molecule has 0 heterocycles. The van der Waals surface area contributed by atoms with Gasteiger partial charge in [0, 0.05) is 0 Å². The van der Waals surface area contributed by atoms with Gasteiger partial charge in [-0.05, 0) is 17.7 Å². The lowest BCUT2D eigenvalue weighted by molar-refractivity contribution is 0.0950. The van der Waals surface area contributed by atoms with Gasteiger partial charge in [-0.15, -0.1) is 0 Å². The number of carbonyl (C=O) groups is 1. The number of nitrogen functional groups attached to an aromatic ring is 1. The van der Waals surface area contributed by atoms with Crippen LogP contribution in [0.3, 0.4) is 0 Å². The van der Waals surface area contributed by atoms with Crippen LogP contribution in [0.25, 0.3) is 0 Å². The number of carbonyl (C=O) groups excluding carboxylic acids is 1. The molecule has 98 valence electrons. The highest BCUT2D eigenvalue weighted by Crippen LogP contribution is 2.30. The highest BCUT2D eigenvalue weighted by Gasteiger charge is 2.13. The molecule has 2 aromatic carbocycles. The quantitative estimate of drug-likeness (QED) is 0.441. The van der Waals surface area contributed by atoms with Crippen molar-refractivity contribution in [1.82, 2.24) is 5.43 Å². The smallest absolute Gasteiger partial charge is 0.269 e. The average Bonchev–Trinajstić information content (AvgIpc) is 2.46. The van der Waals surface area contributed by atoms with E-state index in [0.717, 1.165) is 5.56 Å². The molecule has 5 heteroatoms. The first kappa shape index (κ1) is 12.9. The Balaban J connectivity index is 2.15. The van der Waals surface area contributed by atoms with Crippen LogP contribution >= 0.6 is 0 Å². The molecule has 0 fully saturated rings. The third kappa shape index (κ3) is 3.02. The summed E-state index contributed by atoms with van der Waals surface area (Å²) < 4.78 is 5.49. The Kier molecular flexibility index (Phi) is 4.00. The maximum Gasteiger partial charge on any atom is 0.269 e. The summed E-state index contributed by atoms with van der Waals surface area (Å²) in [6.07, 6.45) is 0. The zero-order valence-corrected chi connectivity index (χ0v) is 10.2. The van der Waals surface area contributed by atoms with E-state index in [4.69, 9.17) is 10.6 Å². The van der Waals surface area contributed by atoms with Crippen molar-refractivity contribution in [3.63, 3.8) is 0 Å². The topological polar surface area (TPSA) is 84.6 Å². The maximum atomic E-state index is 11.4. The number of phenolic OH excluding ortho intramolecular Hbond substituents is 1. The summed E-state index contributed by atoms with van der Waals surface area (Å²) >= 11 is 0. The summed E-state index contributed by atoms with van der Waals surface area (Å²) in [5.74, 6) is 4.49. The fraction of sp³-hybridized carbons (Fsp3) is 0.0714. The van der Waals surface area contributed by atoms with Crippen LogP contribution in [-0.2, 0) is 6.61 Å². The normalized spacial score (nSPS) is 9.95. The first-order chi connectivity index (χ1) is 9.22. The number of phenols is 1. The molecule has 0 saturated heterocycles. The number of benzene rings is 2. The molecule has 1 amide bonds. The Morgan fingerprint density at radius 3 is 2.58 bits per heavy atom. The number of hydrazine groups is 1. The van der Waals surface area contributed by atoms with Crippen LogP contribution in [0.5, 0.6) is 11.5 Å². The van der Waals surface area contributed by atoms with Gasteiger partial charge in [-0.25, -0.2) is 5.84 Å². The zero-order chi connectivity index (χ0) is 13.7. The van der Waals surface area contributed by atoms with Gasteiger partial charge in [-0.2, -0.15) is 0 Å². The predicted octanol–water partition coefficient (Wildman–Crippen LogP) is 1.57. The molecule has 0 aromatic heterocycles. The van der Waals surface area contributed by atoms with Crippen LogP contribution in [0.1, 0.15) is 15.9 Å². The molecular weight excluding hydrogens is 244 g/mol. The second-order valence-electron chi connectivity index (χ2n) is 3.90. The van der Waals surface area contributed by atoms with Crippen LogP contribution in [0.4, 0.5) is 0 Å². The van der Waals surface area contributed by atoms with Crippen molar-refractivity contribution >= 4 is 5.91 Å². The minimum atomic E-state index is -0.567. The Labute approximate surface area is 110 Å². The van der Waals surface area contributed by atoms with Gasteiger partial charge in [0.2, 0.25) is 0 Å². The van der Waals surface area contributed by atoms with Crippen molar-refractivity contribution in [3.8, 4) is 11.5 Å². The van der Waals surface area contributed by atoms with Gasteiger partial charge in [-0.1, -0.05) is 36.4 Å². The molecular formula is C14H14N2O3. The van der Waals surface area contributed by atoms with Gasteiger partial charge in [0.15, 0.2) is 11.5 Å². The average molecular weight is 258 g/mol. The largest absolute Gasteiger partial charge is 0.504 e. The monoisotopic (exact) mass is 258 g/mol. The highest BCUT2D eigenvalue weighted by molar-refractivity contribution is 5.97. The van der Waals surface area contributed by atoms with E-state index in [1.165, 1.54) is 6.07 Å². The van der Waals surface area contributed by atoms with Crippen LogP contribution in [0, 0.1) is 0 Å². The third-order valence-corrected chi connectivity index (χ3v) is 2.61. The number of amides is 1. The van der Waals surface area contributed by atoms with Gasteiger partial charge in [0.25, 0.3) is 5.91 Å². The van der Waals surface area contributed by atoms with Crippen molar-refractivity contribution in [3.05, 3.63) is 59.7 Å². The molecule has 5 nitrogen and oxygen atoms in total. The number of aromatic hydroxyl groups is 1. The lowest BCUT2D eigenvalue weighted by Crippen LogP contribution is -2.30. The summed E-state index contributed by atoms with van der Waals surface area (Å²) in [5.41, 5.74) is 3.01. The summed E-state index contributed by atoms with van der Waals surface area (Å²) in [5, 5.41) is 9.93. The minimum absolute atomic E-state index is 0.0769. The molecule has 4 N–H and O–H groups in total. The molecule has 0 aliphatic rings. The van der Waals surface area contributed by atoms with E-state index >= 15 is 0 Å². The molecule has 2 aromatic rings. The molecule has 2 rings (SSSR count). The Morgan fingerprint density at radius 1 is 1.16 bits per heavy atom. The molecule has 19 heavy (non-hydrogen) atoms. The molecule has 0 atom stereocenters. The molecule has 0 saturated carbocycles. The first-order valence-corrected chi connectivity index (χ1v) is 5.72. The van der Waals surface area contributed by atoms with Crippen molar-refractivity contribution in [2.45, 2.75) is 6.61 Å². The van der Waals surface area contributed by atoms with Gasteiger partial charge in [0.05, 0.1) is 5.56 Å². The van der Waals surface area contributed by atoms with Crippen LogP contribution in [0.15, 0.2) is 48.5 Å². The summed E-state index contributed by atoms with van der Waals surface area (Å²) in [6, 6.07) is 14.2. The van der Waals surface area contributed by atoms with Gasteiger partial charge in [0.1, 0.15) is 6.61 Å². The number of rotatable bonds is 4. The number of para-hydroxylation sites is 1. The molecule has 0 spiro atoms. The van der Waals surface area contributed by atoms with Crippen LogP contribution < -0.4 is 16.0 Å². The van der Waals surface area contributed by atoms with E-state index < -0.39 is 5.91 Å². The molecule has 0 aliphatic carbocycles. The fourth-order valence-corrected chi connectivity index (χ4v) is 1.64. The van der Waals surface area contributed by atoms with Gasteiger partial charge < -0.3 is 9.84 Å². The second kappa shape index (κ2) is 5.88. The number of nitrogens with one attached hydrogen (secondary N) is 1. The standard InChI is InChI=1S/C14H14N2O3/c15-16-14(18)11-7-4-8-12(13(11)17)19-9-10-5-2-1-3-6-10/h1-8,17H,9,15H2,(H,16,18). The van der Waals surface area contributed by atoms with E-state index in [0.29, 0.717) is 6.61 Å². The fourth-order valence-electron chi connectivity index (χ4n) is 1.64. The van der Waals surface area contributed by atoms with E-state index in [-0.39, 0.29) is 17.1 Å². The van der Waals surface area contributed by atoms with E-state index in [1.807, 2.05) is 35.8 Å². The molecule has 0 unspecified atom stereocenters. The van der Waals surface area contributed by atoms with Crippen LogP contribution in [-0.4, -0.2) is 11.0 Å². The van der Waals surface area contributed by atoms with E-state index in [1.54, 1.807) is 12.1 Å². The number of ether oxygens (including phenoxy) is 1. The Bertz CT molecular complexity index is 570. The third-order valence-electron chi connectivity index (χ3n) is 2.61. The van der Waals surface area contributed by atoms with Gasteiger partial charge >= 0.3 is 0 Å². The van der Waals surface area contributed by atoms with E-state index in [2.05, 4.69) is 0 Å². The Morgan fingerprint density at radius 2 is 1.89 bits per heavy atom. The second-order valence-corrected chi connectivity index (χ2v) is 3.90. The molecule has 0 bridgehead atoms.